The van der Waals surface area contributed by atoms with Gasteiger partial charge >= 0.3 is 11.9 Å². The molecule has 0 radical (unpaired) electrons. The Morgan fingerprint density at radius 1 is 1.16 bits per heavy atom. The molecule has 0 amide bonds. The van der Waals surface area contributed by atoms with Crippen LogP contribution >= 0.6 is 11.6 Å². The minimum Gasteiger partial charge on any atom is -0.481 e. The lowest BCUT2D eigenvalue weighted by Crippen LogP contribution is -2.11. The number of fused-ring (bicyclic) bond motifs is 1. The van der Waals surface area contributed by atoms with Crippen molar-refractivity contribution in [3.8, 4) is 11.3 Å². The molecule has 0 atom stereocenters. The number of rotatable bonds is 6. The van der Waals surface area contributed by atoms with Gasteiger partial charge in [0.25, 0.3) is 0 Å². The second kappa shape index (κ2) is 6.78. The summed E-state index contributed by atoms with van der Waals surface area (Å²) in [5, 5.41) is 25.4. The van der Waals surface area contributed by atoms with Gasteiger partial charge in [0.1, 0.15) is 5.82 Å². The van der Waals surface area contributed by atoms with Crippen molar-refractivity contribution < 1.29 is 19.8 Å². The minimum absolute atomic E-state index is 0.0901. The largest absolute Gasteiger partial charge is 0.481 e. The van der Waals surface area contributed by atoms with Crippen LogP contribution in [0.2, 0.25) is 5.02 Å². The van der Waals surface area contributed by atoms with Gasteiger partial charge in [-0.25, -0.2) is 9.78 Å². The fourth-order valence-electron chi connectivity index (χ4n) is 2.27. The highest BCUT2D eigenvalue weighted by molar-refractivity contribution is 6.30. The molecule has 0 fully saturated rings. The van der Waals surface area contributed by atoms with E-state index in [1.54, 1.807) is 30.3 Å². The van der Waals surface area contributed by atoms with E-state index in [9.17, 15) is 9.59 Å². The van der Waals surface area contributed by atoms with Crippen molar-refractivity contribution in [3.05, 3.63) is 47.1 Å². The number of benzene rings is 1. The van der Waals surface area contributed by atoms with Crippen molar-refractivity contribution in [2.24, 2.45) is 0 Å². The van der Waals surface area contributed by atoms with Crippen LogP contribution in [-0.2, 0) is 4.79 Å². The smallest absolute Gasteiger partial charge is 0.356 e. The maximum absolute atomic E-state index is 11.2. The molecule has 0 unspecified atom stereocenters. The number of aromatic nitrogens is 3. The molecular weight excluding hydrogens is 348 g/mol. The molecule has 128 valence electrons. The quantitative estimate of drug-likeness (QED) is 0.618. The maximum atomic E-state index is 11.2. The molecule has 0 aliphatic rings. The van der Waals surface area contributed by atoms with Gasteiger partial charge in [0, 0.05) is 29.3 Å². The number of hydrogen-bond donors (Lipinski definition) is 3. The Kier molecular flexibility index (Phi) is 4.53. The number of nitrogens with one attached hydrogen (secondary N) is 1. The molecule has 3 rings (SSSR count). The lowest BCUT2D eigenvalue weighted by atomic mass is 10.1. The number of halogens is 1. The van der Waals surface area contributed by atoms with Crippen LogP contribution in [0.15, 0.2) is 36.4 Å². The fourth-order valence-corrected chi connectivity index (χ4v) is 2.40. The van der Waals surface area contributed by atoms with Crippen molar-refractivity contribution >= 4 is 35.0 Å². The van der Waals surface area contributed by atoms with Crippen LogP contribution in [-0.4, -0.2) is 43.3 Å². The van der Waals surface area contributed by atoms with Gasteiger partial charge in [0.15, 0.2) is 11.3 Å². The molecule has 9 heteroatoms. The monoisotopic (exact) mass is 360 g/mol. The summed E-state index contributed by atoms with van der Waals surface area (Å²) in [5.74, 6) is -1.67. The topological polar surface area (TPSA) is 117 Å². The van der Waals surface area contributed by atoms with Crippen molar-refractivity contribution in [1.82, 2.24) is 14.6 Å². The maximum Gasteiger partial charge on any atom is 0.356 e. The van der Waals surface area contributed by atoms with Crippen LogP contribution in [0.5, 0.6) is 0 Å². The summed E-state index contributed by atoms with van der Waals surface area (Å²) in [7, 11) is 0. The lowest BCUT2D eigenvalue weighted by molar-refractivity contribution is -0.136. The van der Waals surface area contributed by atoms with Crippen LogP contribution in [0, 0.1) is 0 Å². The van der Waals surface area contributed by atoms with E-state index in [-0.39, 0.29) is 18.7 Å². The Bertz CT molecular complexity index is 953. The molecule has 2 aromatic heterocycles. The predicted molar refractivity (Wildman–Crippen MR) is 91.1 cm³/mol. The molecular formula is C16H13ClN4O4. The number of nitrogens with zero attached hydrogens (tertiary/aromatic N) is 3. The summed E-state index contributed by atoms with van der Waals surface area (Å²) in [6, 6.07) is 10.0. The second-order valence-electron chi connectivity index (χ2n) is 5.21. The molecule has 1 aromatic carbocycles. The number of carboxylic acids is 2. The van der Waals surface area contributed by atoms with Crippen molar-refractivity contribution in [3.63, 3.8) is 0 Å². The Balaban J connectivity index is 2.07. The zero-order valence-electron chi connectivity index (χ0n) is 12.8. The lowest BCUT2D eigenvalue weighted by Gasteiger charge is -2.10. The summed E-state index contributed by atoms with van der Waals surface area (Å²) in [6.45, 7) is 0.163. The van der Waals surface area contributed by atoms with Gasteiger partial charge in [0.2, 0.25) is 0 Å². The van der Waals surface area contributed by atoms with Crippen LogP contribution in [0.25, 0.3) is 16.9 Å². The van der Waals surface area contributed by atoms with Crippen LogP contribution < -0.4 is 5.32 Å². The van der Waals surface area contributed by atoms with Crippen LogP contribution in [0.4, 0.5) is 5.82 Å². The Hall–Kier alpha value is -3.13. The molecule has 2 heterocycles. The zero-order chi connectivity index (χ0) is 18.0. The van der Waals surface area contributed by atoms with E-state index >= 15 is 0 Å². The molecule has 0 bridgehead atoms. The van der Waals surface area contributed by atoms with Gasteiger partial charge in [-0.1, -0.05) is 23.7 Å². The van der Waals surface area contributed by atoms with E-state index in [1.165, 1.54) is 10.6 Å². The summed E-state index contributed by atoms with van der Waals surface area (Å²) < 4.78 is 1.34. The van der Waals surface area contributed by atoms with E-state index in [1.807, 2.05) is 0 Å². The zero-order valence-corrected chi connectivity index (χ0v) is 13.6. The first-order chi connectivity index (χ1) is 11.9. The third kappa shape index (κ3) is 3.69. The number of anilines is 1. The van der Waals surface area contributed by atoms with E-state index < -0.39 is 11.9 Å². The van der Waals surface area contributed by atoms with E-state index in [0.29, 0.717) is 22.2 Å². The third-order valence-electron chi connectivity index (χ3n) is 3.43. The molecule has 0 spiro atoms. The average molecular weight is 361 g/mol. The van der Waals surface area contributed by atoms with Crippen molar-refractivity contribution in [2.45, 2.75) is 6.42 Å². The average Bonchev–Trinajstić information content (AvgIpc) is 2.99. The molecule has 25 heavy (non-hydrogen) atoms. The second-order valence-corrected chi connectivity index (χ2v) is 5.65. The summed E-state index contributed by atoms with van der Waals surface area (Å²) in [6.07, 6.45) is -0.0901. The molecule has 0 aliphatic heterocycles. The number of carboxylic acid groups (broad SMARTS) is 2. The first-order valence-electron chi connectivity index (χ1n) is 7.30. The SMILES string of the molecule is O=C(O)CCNc1cc(-c2ccc(Cl)cc2)nc2cc(C(=O)O)nn12. The molecule has 3 N–H and O–H groups in total. The minimum atomic E-state index is -1.17. The molecule has 0 aliphatic carbocycles. The van der Waals surface area contributed by atoms with E-state index in [2.05, 4.69) is 15.4 Å². The molecule has 3 aromatic rings. The summed E-state index contributed by atoms with van der Waals surface area (Å²) in [4.78, 5) is 26.3. The van der Waals surface area contributed by atoms with Gasteiger partial charge in [-0.3, -0.25) is 4.79 Å². The normalized spacial score (nSPS) is 10.8. The van der Waals surface area contributed by atoms with Gasteiger partial charge in [-0.05, 0) is 12.1 Å². The summed E-state index contributed by atoms with van der Waals surface area (Å²) in [5.41, 5.74) is 1.55. The Morgan fingerprint density at radius 2 is 1.88 bits per heavy atom. The molecule has 0 saturated heterocycles. The first-order valence-corrected chi connectivity index (χ1v) is 7.67. The number of aliphatic carboxylic acids is 1. The standard InChI is InChI=1S/C16H13ClN4O4/c17-10-3-1-9(2-4-10)11-7-13(18-6-5-15(22)23)21-14(19-11)8-12(20-21)16(24)25/h1-4,7-8,18H,5-6H2,(H,22,23)(H,24,25). The predicted octanol–water partition coefficient (Wildman–Crippen LogP) is 2.63. The van der Waals surface area contributed by atoms with Gasteiger partial charge in [-0.15, -0.1) is 0 Å². The van der Waals surface area contributed by atoms with Crippen LogP contribution in [0.3, 0.4) is 0 Å². The highest BCUT2D eigenvalue weighted by Gasteiger charge is 2.14. The molecule has 8 nitrogen and oxygen atoms in total. The molecule has 0 saturated carbocycles. The Labute approximate surface area is 146 Å². The van der Waals surface area contributed by atoms with E-state index in [0.717, 1.165) is 5.56 Å². The highest BCUT2D eigenvalue weighted by Crippen LogP contribution is 2.24. The first kappa shape index (κ1) is 16.7. The van der Waals surface area contributed by atoms with Crippen molar-refractivity contribution in [1.29, 1.82) is 0 Å². The van der Waals surface area contributed by atoms with Crippen LogP contribution in [0.1, 0.15) is 16.9 Å². The van der Waals surface area contributed by atoms with E-state index in [4.69, 9.17) is 21.8 Å². The van der Waals surface area contributed by atoms with Gasteiger partial charge < -0.3 is 15.5 Å². The highest BCUT2D eigenvalue weighted by atomic mass is 35.5. The number of carbonyl (C=O) groups is 2. The Morgan fingerprint density at radius 3 is 2.52 bits per heavy atom. The van der Waals surface area contributed by atoms with Gasteiger partial charge in [-0.2, -0.15) is 9.61 Å². The van der Waals surface area contributed by atoms with Gasteiger partial charge in [0.05, 0.1) is 12.1 Å². The summed E-state index contributed by atoms with van der Waals surface area (Å²) >= 11 is 5.89. The number of aromatic carboxylic acids is 1. The fraction of sp³-hybridized carbons (Fsp3) is 0.125. The van der Waals surface area contributed by atoms with Crippen molar-refractivity contribution in [2.75, 3.05) is 11.9 Å². The third-order valence-corrected chi connectivity index (χ3v) is 3.68. The number of hydrogen-bond acceptors (Lipinski definition) is 5.